The van der Waals surface area contributed by atoms with Gasteiger partial charge in [-0.1, -0.05) is 74.6 Å². The van der Waals surface area contributed by atoms with Gasteiger partial charge in [-0.3, -0.25) is 0 Å². The second kappa shape index (κ2) is 10.3. The van der Waals surface area contributed by atoms with Gasteiger partial charge in [0.2, 0.25) is 0 Å². The minimum absolute atomic E-state index is 0.177. The number of fused-ring (bicyclic) bond motifs is 1. The van der Waals surface area contributed by atoms with Crippen LogP contribution in [0.1, 0.15) is 58.8 Å². The summed E-state index contributed by atoms with van der Waals surface area (Å²) in [7, 11) is 0. The van der Waals surface area contributed by atoms with Crippen LogP contribution in [0.5, 0.6) is 16.7 Å². The smallest absolute Gasteiger partial charge is 0.279 e. The van der Waals surface area contributed by atoms with Crippen LogP contribution in [0.3, 0.4) is 0 Å². The molecule has 4 heteroatoms. The first-order valence-corrected chi connectivity index (χ1v) is 10.9. The van der Waals surface area contributed by atoms with E-state index in [1.807, 2.05) is 42.5 Å². The van der Waals surface area contributed by atoms with Crippen molar-refractivity contribution in [3.05, 3.63) is 48.5 Å². The minimum Gasteiger partial charge on any atom is -0.487 e. The van der Waals surface area contributed by atoms with Crippen molar-refractivity contribution in [3.63, 3.8) is 0 Å². The molecule has 3 aromatic rings. The van der Waals surface area contributed by atoms with Gasteiger partial charge in [0.05, 0.1) is 16.3 Å². The Morgan fingerprint density at radius 2 is 1.59 bits per heavy atom. The van der Waals surface area contributed by atoms with Crippen molar-refractivity contribution in [2.24, 2.45) is 0 Å². The highest BCUT2D eigenvalue weighted by Gasteiger charge is 2.12. The van der Waals surface area contributed by atoms with Gasteiger partial charge in [-0.15, -0.1) is 0 Å². The second-order valence-corrected chi connectivity index (χ2v) is 7.97. The highest BCUT2D eigenvalue weighted by molar-refractivity contribution is 7.20. The Kier molecular flexibility index (Phi) is 7.52. The molecule has 27 heavy (non-hydrogen) atoms. The summed E-state index contributed by atoms with van der Waals surface area (Å²) in [5.74, 6) is 1.52. The number of ether oxygens (including phenoxy) is 2. The number of nitrogens with zero attached hydrogens (tertiary/aromatic N) is 1. The van der Waals surface area contributed by atoms with Crippen molar-refractivity contribution >= 4 is 21.6 Å². The molecule has 2 aromatic carbocycles. The second-order valence-electron chi connectivity index (χ2n) is 6.98. The summed E-state index contributed by atoms with van der Waals surface area (Å²) in [5.41, 5.74) is 0.965. The van der Waals surface area contributed by atoms with Crippen molar-refractivity contribution in [2.45, 2.75) is 64.9 Å². The van der Waals surface area contributed by atoms with Gasteiger partial charge in [0.1, 0.15) is 0 Å². The normalized spacial score (nSPS) is 12.2. The van der Waals surface area contributed by atoms with Gasteiger partial charge in [0, 0.05) is 0 Å². The molecular formula is C23H29NO2S. The maximum Gasteiger partial charge on any atom is 0.279 e. The Labute approximate surface area is 166 Å². The van der Waals surface area contributed by atoms with Gasteiger partial charge < -0.3 is 9.47 Å². The van der Waals surface area contributed by atoms with E-state index in [9.17, 15) is 0 Å². The van der Waals surface area contributed by atoms with E-state index in [-0.39, 0.29) is 6.10 Å². The van der Waals surface area contributed by atoms with E-state index in [0.717, 1.165) is 28.1 Å². The summed E-state index contributed by atoms with van der Waals surface area (Å²) >= 11 is 1.55. The molecule has 0 fully saturated rings. The lowest BCUT2D eigenvalue weighted by Gasteiger charge is -2.17. The third kappa shape index (κ3) is 5.96. The molecule has 144 valence electrons. The van der Waals surface area contributed by atoms with Gasteiger partial charge in [0.15, 0.2) is 11.5 Å². The van der Waals surface area contributed by atoms with Crippen molar-refractivity contribution in [2.75, 3.05) is 0 Å². The molecule has 0 bridgehead atoms. The van der Waals surface area contributed by atoms with E-state index >= 15 is 0 Å². The van der Waals surface area contributed by atoms with Crippen molar-refractivity contribution in [1.82, 2.24) is 4.98 Å². The molecule has 0 radical (unpaired) electrons. The molecule has 3 nitrogen and oxygen atoms in total. The van der Waals surface area contributed by atoms with Crippen LogP contribution in [0.25, 0.3) is 10.2 Å². The summed E-state index contributed by atoms with van der Waals surface area (Å²) in [5, 5.41) is 0.649. The molecule has 0 amide bonds. The van der Waals surface area contributed by atoms with Crippen LogP contribution < -0.4 is 9.47 Å². The molecule has 0 aliphatic carbocycles. The Balaban J connectivity index is 1.55. The molecular weight excluding hydrogens is 354 g/mol. The number of thiazole rings is 1. The fourth-order valence-corrected chi connectivity index (χ4v) is 3.94. The number of para-hydroxylation sites is 3. The Hall–Kier alpha value is -2.07. The summed E-state index contributed by atoms with van der Waals surface area (Å²) in [6, 6.07) is 15.9. The third-order valence-corrected chi connectivity index (χ3v) is 5.53. The van der Waals surface area contributed by atoms with E-state index in [2.05, 4.69) is 24.9 Å². The molecule has 3 rings (SSSR count). The summed E-state index contributed by atoms with van der Waals surface area (Å²) in [4.78, 5) is 4.55. The fraction of sp³-hybridized carbons (Fsp3) is 0.435. The Morgan fingerprint density at radius 1 is 0.889 bits per heavy atom. The highest BCUT2D eigenvalue weighted by atomic mass is 32.1. The summed E-state index contributed by atoms with van der Waals surface area (Å²) < 4.78 is 13.3. The Morgan fingerprint density at radius 3 is 2.41 bits per heavy atom. The molecule has 1 unspecified atom stereocenters. The first kappa shape index (κ1) is 19.7. The van der Waals surface area contributed by atoms with Crippen LogP contribution >= 0.6 is 11.3 Å². The number of unbranched alkanes of at least 4 members (excludes halogenated alkanes) is 5. The molecule has 1 aromatic heterocycles. The molecule has 0 saturated carbocycles. The molecule has 1 atom stereocenters. The van der Waals surface area contributed by atoms with E-state index in [0.29, 0.717) is 5.19 Å². The first-order valence-electron chi connectivity index (χ1n) is 10.1. The van der Waals surface area contributed by atoms with Crippen LogP contribution in [0.2, 0.25) is 0 Å². The van der Waals surface area contributed by atoms with Crippen LogP contribution in [0.15, 0.2) is 48.5 Å². The monoisotopic (exact) mass is 383 g/mol. The third-order valence-electron chi connectivity index (χ3n) is 4.61. The minimum atomic E-state index is 0.177. The van der Waals surface area contributed by atoms with Crippen molar-refractivity contribution in [3.8, 4) is 16.7 Å². The van der Waals surface area contributed by atoms with Crippen LogP contribution in [-0.4, -0.2) is 11.1 Å². The zero-order valence-electron chi connectivity index (χ0n) is 16.3. The summed E-state index contributed by atoms with van der Waals surface area (Å²) in [6.07, 6.45) is 9.08. The molecule has 0 N–H and O–H groups in total. The summed E-state index contributed by atoms with van der Waals surface area (Å²) in [6.45, 7) is 4.39. The predicted octanol–water partition coefficient (Wildman–Crippen LogP) is 7.61. The molecule has 0 aliphatic heterocycles. The Bertz CT molecular complexity index is 797. The lowest BCUT2D eigenvalue weighted by atomic mass is 10.1. The van der Waals surface area contributed by atoms with Crippen molar-refractivity contribution in [1.29, 1.82) is 0 Å². The largest absolute Gasteiger partial charge is 0.487 e. The first-order chi connectivity index (χ1) is 13.3. The molecule has 0 saturated heterocycles. The number of aromatic nitrogens is 1. The van der Waals surface area contributed by atoms with Gasteiger partial charge in [0.25, 0.3) is 5.19 Å². The maximum absolute atomic E-state index is 6.17. The number of rotatable bonds is 11. The van der Waals surface area contributed by atoms with Crippen LogP contribution in [-0.2, 0) is 0 Å². The van der Waals surface area contributed by atoms with Crippen LogP contribution in [0.4, 0.5) is 0 Å². The lowest BCUT2D eigenvalue weighted by molar-refractivity contribution is 0.200. The quantitative estimate of drug-likeness (QED) is 0.319. The van der Waals surface area contributed by atoms with Crippen LogP contribution in [0, 0.1) is 0 Å². The van der Waals surface area contributed by atoms with Gasteiger partial charge in [-0.05, 0) is 44.0 Å². The SMILES string of the molecule is CCCCCCCCC(C)Oc1ccccc1Oc1nc2ccccc2s1. The topological polar surface area (TPSA) is 31.4 Å². The van der Waals surface area contributed by atoms with Gasteiger partial charge in [-0.25, -0.2) is 4.98 Å². The highest BCUT2D eigenvalue weighted by Crippen LogP contribution is 2.36. The van der Waals surface area contributed by atoms with E-state index in [1.54, 1.807) is 11.3 Å². The van der Waals surface area contributed by atoms with Crippen molar-refractivity contribution < 1.29 is 9.47 Å². The average molecular weight is 384 g/mol. The predicted molar refractivity (Wildman–Crippen MR) is 114 cm³/mol. The number of benzene rings is 2. The fourth-order valence-electron chi connectivity index (χ4n) is 3.11. The molecule has 0 spiro atoms. The maximum atomic E-state index is 6.17. The zero-order valence-corrected chi connectivity index (χ0v) is 17.1. The van der Waals surface area contributed by atoms with E-state index in [1.165, 1.54) is 38.5 Å². The zero-order chi connectivity index (χ0) is 18.9. The van der Waals surface area contributed by atoms with E-state index < -0.39 is 0 Å². The molecule has 1 heterocycles. The standard InChI is InChI=1S/C23H29NO2S/c1-3-4-5-6-7-8-13-18(2)25-20-15-10-11-16-21(20)26-23-24-19-14-9-12-17-22(19)27-23/h9-12,14-18H,3-8,13H2,1-2H3. The lowest BCUT2D eigenvalue weighted by Crippen LogP contribution is -2.12. The number of hydrogen-bond acceptors (Lipinski definition) is 4. The molecule has 0 aliphatic rings. The van der Waals surface area contributed by atoms with E-state index in [4.69, 9.17) is 9.47 Å². The van der Waals surface area contributed by atoms with Gasteiger partial charge in [-0.2, -0.15) is 0 Å². The van der Waals surface area contributed by atoms with Gasteiger partial charge >= 0.3 is 0 Å². The average Bonchev–Trinajstić information content (AvgIpc) is 3.08. The number of hydrogen-bond donors (Lipinski definition) is 0.